The molecule has 3 aromatic rings. The Hall–Kier alpha value is -3.15. The molecule has 1 heterocycles. The van der Waals surface area contributed by atoms with Crippen LogP contribution in [0.3, 0.4) is 0 Å². The van der Waals surface area contributed by atoms with Crippen LogP contribution in [-0.2, 0) is 4.79 Å². The van der Waals surface area contributed by atoms with Crippen LogP contribution in [-0.4, -0.2) is 11.8 Å². The van der Waals surface area contributed by atoms with Crippen molar-refractivity contribution in [3.05, 3.63) is 60.1 Å². The van der Waals surface area contributed by atoms with Gasteiger partial charge in [-0.25, -0.2) is 4.39 Å². The Kier molecular flexibility index (Phi) is 4.50. The first-order valence-electron chi connectivity index (χ1n) is 8.16. The number of furan rings is 1. The molecule has 2 amide bonds. The summed E-state index contributed by atoms with van der Waals surface area (Å²) in [6, 6.07) is 12.8. The van der Waals surface area contributed by atoms with Crippen molar-refractivity contribution in [3.8, 4) is 0 Å². The predicted octanol–water partition coefficient (Wildman–Crippen LogP) is 4.81. The van der Waals surface area contributed by atoms with Gasteiger partial charge in [-0.15, -0.1) is 0 Å². The molecule has 2 N–H and O–H groups in total. The van der Waals surface area contributed by atoms with E-state index < -0.39 is 17.1 Å². The minimum atomic E-state index is -0.655. The largest absolute Gasteiger partial charge is 0.449 e. The van der Waals surface area contributed by atoms with E-state index in [0.29, 0.717) is 11.0 Å². The second-order valence-electron chi connectivity index (χ2n) is 6.94. The van der Waals surface area contributed by atoms with E-state index in [1.807, 2.05) is 0 Å². The molecule has 0 saturated carbocycles. The maximum atomic E-state index is 13.8. The van der Waals surface area contributed by atoms with Crippen LogP contribution >= 0.6 is 0 Å². The van der Waals surface area contributed by atoms with Crippen molar-refractivity contribution in [2.24, 2.45) is 5.41 Å². The highest BCUT2D eigenvalue weighted by atomic mass is 19.1. The lowest BCUT2D eigenvalue weighted by atomic mass is 9.95. The number of para-hydroxylation sites is 2. The van der Waals surface area contributed by atoms with E-state index in [4.69, 9.17) is 4.42 Å². The number of hydrogen-bond acceptors (Lipinski definition) is 3. The van der Waals surface area contributed by atoms with E-state index in [9.17, 15) is 14.0 Å². The molecule has 0 aliphatic rings. The van der Waals surface area contributed by atoms with Crippen LogP contribution in [0.15, 0.2) is 52.9 Å². The zero-order valence-corrected chi connectivity index (χ0v) is 14.7. The number of anilines is 2. The standard InChI is InChI=1S/C20H19FN2O3/c1-20(2,3)19(25)23-16-12-8-4-7-11-15(12)26-17(16)18(24)22-14-10-6-5-9-13(14)21/h4-11H,1-3H3,(H,22,24)(H,23,25). The highest BCUT2D eigenvalue weighted by Crippen LogP contribution is 2.33. The number of nitrogens with one attached hydrogen (secondary N) is 2. The van der Waals surface area contributed by atoms with Crippen LogP contribution in [0.1, 0.15) is 31.3 Å². The average molecular weight is 354 g/mol. The summed E-state index contributed by atoms with van der Waals surface area (Å²) in [7, 11) is 0. The maximum absolute atomic E-state index is 13.8. The Bertz CT molecular complexity index is 986. The summed E-state index contributed by atoms with van der Waals surface area (Å²) in [5, 5.41) is 5.85. The molecule has 5 nitrogen and oxygen atoms in total. The highest BCUT2D eigenvalue weighted by molar-refractivity contribution is 6.15. The highest BCUT2D eigenvalue weighted by Gasteiger charge is 2.27. The Balaban J connectivity index is 2.02. The topological polar surface area (TPSA) is 71.3 Å². The number of carbonyl (C=O) groups is 2. The Morgan fingerprint density at radius 1 is 0.962 bits per heavy atom. The van der Waals surface area contributed by atoms with Gasteiger partial charge in [-0.1, -0.05) is 45.0 Å². The van der Waals surface area contributed by atoms with Crippen molar-refractivity contribution >= 4 is 34.2 Å². The molecule has 6 heteroatoms. The predicted molar refractivity (Wildman–Crippen MR) is 98.7 cm³/mol. The molecule has 26 heavy (non-hydrogen) atoms. The molecule has 0 spiro atoms. The maximum Gasteiger partial charge on any atom is 0.293 e. The number of rotatable bonds is 3. The van der Waals surface area contributed by atoms with Crippen molar-refractivity contribution in [2.45, 2.75) is 20.8 Å². The van der Waals surface area contributed by atoms with Crippen LogP contribution in [0, 0.1) is 11.2 Å². The van der Waals surface area contributed by atoms with E-state index in [-0.39, 0.29) is 23.0 Å². The fourth-order valence-electron chi connectivity index (χ4n) is 2.37. The molecule has 1 aromatic heterocycles. The van der Waals surface area contributed by atoms with Gasteiger partial charge in [0, 0.05) is 10.8 Å². The van der Waals surface area contributed by atoms with Gasteiger partial charge in [0.2, 0.25) is 11.7 Å². The fraction of sp³-hybridized carbons (Fsp3) is 0.200. The average Bonchev–Trinajstić information content (AvgIpc) is 2.95. The Morgan fingerprint density at radius 3 is 2.31 bits per heavy atom. The molecule has 2 aromatic carbocycles. The second kappa shape index (κ2) is 6.63. The minimum absolute atomic E-state index is 0.0334. The van der Waals surface area contributed by atoms with Gasteiger partial charge < -0.3 is 15.1 Å². The van der Waals surface area contributed by atoms with Crippen LogP contribution in [0.25, 0.3) is 11.0 Å². The summed E-state index contributed by atoms with van der Waals surface area (Å²) in [6.45, 7) is 5.30. The summed E-state index contributed by atoms with van der Waals surface area (Å²) in [6.07, 6.45) is 0. The minimum Gasteiger partial charge on any atom is -0.449 e. The third kappa shape index (κ3) is 3.44. The van der Waals surface area contributed by atoms with Gasteiger partial charge >= 0.3 is 0 Å². The van der Waals surface area contributed by atoms with Gasteiger partial charge in [0.15, 0.2) is 0 Å². The van der Waals surface area contributed by atoms with Crippen LogP contribution < -0.4 is 10.6 Å². The first-order chi connectivity index (χ1) is 12.3. The van der Waals surface area contributed by atoms with Crippen LogP contribution in [0.4, 0.5) is 15.8 Å². The lowest BCUT2D eigenvalue weighted by Gasteiger charge is -2.17. The van der Waals surface area contributed by atoms with Crippen molar-refractivity contribution in [2.75, 3.05) is 10.6 Å². The van der Waals surface area contributed by atoms with Crippen LogP contribution in [0.2, 0.25) is 0 Å². The van der Waals surface area contributed by atoms with Gasteiger partial charge in [0.1, 0.15) is 17.1 Å². The van der Waals surface area contributed by atoms with Gasteiger partial charge in [0.25, 0.3) is 5.91 Å². The van der Waals surface area contributed by atoms with E-state index in [0.717, 1.165) is 0 Å². The van der Waals surface area contributed by atoms with E-state index in [1.54, 1.807) is 51.1 Å². The summed E-state index contributed by atoms with van der Waals surface area (Å²) >= 11 is 0. The quantitative estimate of drug-likeness (QED) is 0.709. The SMILES string of the molecule is CC(C)(C)C(=O)Nc1c(C(=O)Nc2ccccc2F)oc2ccccc12. The third-order valence-corrected chi connectivity index (χ3v) is 3.84. The first kappa shape index (κ1) is 17.7. The number of amides is 2. The second-order valence-corrected chi connectivity index (χ2v) is 6.94. The summed E-state index contributed by atoms with van der Waals surface area (Å²) < 4.78 is 19.5. The third-order valence-electron chi connectivity index (χ3n) is 3.84. The molecule has 134 valence electrons. The van der Waals surface area contributed by atoms with Crippen molar-refractivity contribution in [1.82, 2.24) is 0 Å². The number of halogens is 1. The fourth-order valence-corrected chi connectivity index (χ4v) is 2.37. The molecule has 0 atom stereocenters. The zero-order chi connectivity index (χ0) is 18.9. The lowest BCUT2D eigenvalue weighted by molar-refractivity contribution is -0.123. The molecule has 0 aliphatic heterocycles. The molecule has 0 unspecified atom stereocenters. The Morgan fingerprint density at radius 2 is 1.62 bits per heavy atom. The first-order valence-corrected chi connectivity index (χ1v) is 8.16. The summed E-state index contributed by atoms with van der Waals surface area (Å²) in [5.74, 6) is -1.54. The number of hydrogen-bond donors (Lipinski definition) is 2. The molecular formula is C20H19FN2O3. The molecule has 0 bridgehead atoms. The number of benzene rings is 2. The van der Waals surface area contributed by atoms with Gasteiger partial charge in [0.05, 0.1) is 5.69 Å². The number of fused-ring (bicyclic) bond motifs is 1. The van der Waals surface area contributed by atoms with Crippen molar-refractivity contribution in [3.63, 3.8) is 0 Å². The van der Waals surface area contributed by atoms with Crippen LogP contribution in [0.5, 0.6) is 0 Å². The van der Waals surface area contributed by atoms with E-state index in [1.165, 1.54) is 18.2 Å². The smallest absolute Gasteiger partial charge is 0.293 e. The van der Waals surface area contributed by atoms with E-state index >= 15 is 0 Å². The molecule has 0 radical (unpaired) electrons. The number of carbonyl (C=O) groups excluding carboxylic acids is 2. The van der Waals surface area contributed by atoms with Crippen molar-refractivity contribution in [1.29, 1.82) is 0 Å². The monoisotopic (exact) mass is 354 g/mol. The van der Waals surface area contributed by atoms with Gasteiger partial charge in [-0.2, -0.15) is 0 Å². The molecule has 0 saturated heterocycles. The normalized spacial score (nSPS) is 11.4. The van der Waals surface area contributed by atoms with E-state index in [2.05, 4.69) is 10.6 Å². The summed E-state index contributed by atoms with van der Waals surface area (Å²) in [4.78, 5) is 25.1. The molecule has 3 rings (SSSR count). The summed E-state index contributed by atoms with van der Waals surface area (Å²) in [5.41, 5.74) is 0.105. The molecule has 0 fully saturated rings. The Labute approximate surface area is 150 Å². The molecule has 0 aliphatic carbocycles. The zero-order valence-electron chi connectivity index (χ0n) is 14.7. The van der Waals surface area contributed by atoms with Crippen molar-refractivity contribution < 1.29 is 18.4 Å². The lowest BCUT2D eigenvalue weighted by Crippen LogP contribution is -2.28. The van der Waals surface area contributed by atoms with Gasteiger partial charge in [-0.05, 0) is 24.3 Å². The molecular weight excluding hydrogens is 335 g/mol. The van der Waals surface area contributed by atoms with Gasteiger partial charge in [-0.3, -0.25) is 9.59 Å².